The molecular weight excluding hydrogens is 362 g/mol. The Kier molecular flexibility index (Phi) is 7.53. The number of benzene rings is 2. The molecule has 2 aromatic carbocycles. The molecule has 0 bridgehead atoms. The molecule has 0 fully saturated rings. The first-order valence-corrected chi connectivity index (χ1v) is 10.5. The van der Waals surface area contributed by atoms with Crippen molar-refractivity contribution in [2.45, 2.75) is 38.8 Å². The highest BCUT2D eigenvalue weighted by Gasteiger charge is 2.20. The maximum Gasteiger partial charge on any atom is 0.243 e. The van der Waals surface area contributed by atoms with Crippen LogP contribution in [0.5, 0.6) is 0 Å². The Labute approximate surface area is 161 Å². The monoisotopic (exact) mass is 389 g/mol. The van der Waals surface area contributed by atoms with Crippen LogP contribution in [0, 0.1) is 0 Å². The van der Waals surface area contributed by atoms with Crippen molar-refractivity contribution in [1.29, 1.82) is 0 Å². The summed E-state index contributed by atoms with van der Waals surface area (Å²) >= 11 is 0. The molecule has 0 radical (unpaired) electrons. The smallest absolute Gasteiger partial charge is 0.243 e. The highest BCUT2D eigenvalue weighted by Crippen LogP contribution is 2.16. The number of hydrogen-bond donors (Lipinski definition) is 2. The summed E-state index contributed by atoms with van der Waals surface area (Å²) in [5.74, 6) is -0.0904. The highest BCUT2D eigenvalue weighted by molar-refractivity contribution is 7.89. The van der Waals surface area contributed by atoms with Gasteiger partial charge in [-0.2, -0.15) is 4.31 Å². The van der Waals surface area contributed by atoms with Gasteiger partial charge in [-0.15, -0.1) is 0 Å². The van der Waals surface area contributed by atoms with E-state index in [2.05, 4.69) is 10.6 Å². The van der Waals surface area contributed by atoms with Gasteiger partial charge in [-0.1, -0.05) is 38.1 Å². The molecule has 0 atom stereocenters. The van der Waals surface area contributed by atoms with Gasteiger partial charge in [-0.3, -0.25) is 4.79 Å². The Morgan fingerprint density at radius 2 is 1.37 bits per heavy atom. The number of carbonyl (C=O) groups excluding carboxylic acids is 1. The van der Waals surface area contributed by atoms with Crippen molar-refractivity contribution in [3.8, 4) is 0 Å². The van der Waals surface area contributed by atoms with Gasteiger partial charge in [0, 0.05) is 38.8 Å². The second-order valence-electron chi connectivity index (χ2n) is 6.21. The molecule has 0 aliphatic carbocycles. The van der Waals surface area contributed by atoms with E-state index in [-0.39, 0.29) is 5.91 Å². The minimum atomic E-state index is -3.41. The zero-order chi connectivity index (χ0) is 19.9. The number of nitrogens with one attached hydrogen (secondary N) is 2. The SMILES string of the molecule is CCN(CC)S(=O)(=O)c1ccc(CNCc2ccc(NC(C)=O)cc2)cc1. The highest BCUT2D eigenvalue weighted by atomic mass is 32.2. The summed E-state index contributed by atoms with van der Waals surface area (Å²) in [6.07, 6.45) is 0. The van der Waals surface area contributed by atoms with Crippen molar-refractivity contribution in [3.05, 3.63) is 59.7 Å². The van der Waals surface area contributed by atoms with Crippen molar-refractivity contribution in [2.75, 3.05) is 18.4 Å². The summed E-state index contributed by atoms with van der Waals surface area (Å²) in [6, 6.07) is 14.6. The Morgan fingerprint density at radius 3 is 1.81 bits per heavy atom. The third-order valence-electron chi connectivity index (χ3n) is 4.20. The first-order valence-electron chi connectivity index (χ1n) is 9.03. The molecule has 0 unspecified atom stereocenters. The molecule has 0 heterocycles. The summed E-state index contributed by atoms with van der Waals surface area (Å²) in [6.45, 7) is 7.39. The van der Waals surface area contributed by atoms with Gasteiger partial charge in [0.1, 0.15) is 0 Å². The first-order chi connectivity index (χ1) is 12.9. The molecule has 2 aromatic rings. The maximum absolute atomic E-state index is 12.5. The number of sulfonamides is 1. The van der Waals surface area contributed by atoms with Gasteiger partial charge in [0.25, 0.3) is 0 Å². The molecule has 2 N–H and O–H groups in total. The molecule has 0 saturated carbocycles. The van der Waals surface area contributed by atoms with Crippen molar-refractivity contribution >= 4 is 21.6 Å². The summed E-state index contributed by atoms with van der Waals surface area (Å²) < 4.78 is 26.4. The van der Waals surface area contributed by atoms with Gasteiger partial charge in [0.05, 0.1) is 4.90 Å². The van der Waals surface area contributed by atoms with E-state index in [0.717, 1.165) is 16.8 Å². The van der Waals surface area contributed by atoms with E-state index in [9.17, 15) is 13.2 Å². The van der Waals surface area contributed by atoms with Crippen LogP contribution in [0.2, 0.25) is 0 Å². The molecule has 0 aliphatic rings. The summed E-state index contributed by atoms with van der Waals surface area (Å²) in [4.78, 5) is 11.3. The van der Waals surface area contributed by atoms with Crippen LogP contribution in [0.15, 0.2) is 53.4 Å². The average Bonchev–Trinajstić information content (AvgIpc) is 2.64. The van der Waals surface area contributed by atoms with Crippen molar-refractivity contribution in [2.24, 2.45) is 0 Å². The third kappa shape index (κ3) is 5.89. The standard InChI is InChI=1S/C20H27N3O3S/c1-4-23(5-2)27(25,26)20-12-8-18(9-13-20)15-21-14-17-6-10-19(11-7-17)22-16(3)24/h6-13,21H,4-5,14-15H2,1-3H3,(H,22,24). The fourth-order valence-electron chi connectivity index (χ4n) is 2.75. The average molecular weight is 390 g/mol. The van der Waals surface area contributed by atoms with Crippen LogP contribution in [0.25, 0.3) is 0 Å². The van der Waals surface area contributed by atoms with Crippen LogP contribution >= 0.6 is 0 Å². The normalized spacial score (nSPS) is 11.6. The van der Waals surface area contributed by atoms with Gasteiger partial charge in [-0.25, -0.2) is 8.42 Å². The molecule has 0 spiro atoms. The van der Waals surface area contributed by atoms with E-state index in [1.807, 2.05) is 50.2 Å². The maximum atomic E-state index is 12.5. The predicted molar refractivity (Wildman–Crippen MR) is 108 cm³/mol. The minimum absolute atomic E-state index is 0.0904. The van der Waals surface area contributed by atoms with Crippen LogP contribution in [0.4, 0.5) is 5.69 Å². The molecule has 1 amide bonds. The molecule has 6 nitrogen and oxygen atoms in total. The van der Waals surface area contributed by atoms with Gasteiger partial charge >= 0.3 is 0 Å². The molecule has 146 valence electrons. The number of hydrogen-bond acceptors (Lipinski definition) is 4. The van der Waals surface area contributed by atoms with Gasteiger partial charge in [0.15, 0.2) is 0 Å². The van der Waals surface area contributed by atoms with Crippen molar-refractivity contribution in [3.63, 3.8) is 0 Å². The quantitative estimate of drug-likeness (QED) is 0.691. The first kappa shape index (κ1) is 21.1. The summed E-state index contributed by atoms with van der Waals surface area (Å²) in [5, 5.41) is 6.07. The molecule has 0 saturated heterocycles. The molecule has 2 rings (SSSR count). The van der Waals surface area contributed by atoms with Crippen LogP contribution < -0.4 is 10.6 Å². The molecule has 27 heavy (non-hydrogen) atoms. The lowest BCUT2D eigenvalue weighted by molar-refractivity contribution is -0.114. The lowest BCUT2D eigenvalue weighted by atomic mass is 10.2. The zero-order valence-electron chi connectivity index (χ0n) is 16.0. The molecular formula is C20H27N3O3S. The largest absolute Gasteiger partial charge is 0.326 e. The van der Waals surface area contributed by atoms with Crippen LogP contribution in [-0.4, -0.2) is 31.7 Å². The Balaban J connectivity index is 1.91. The second-order valence-corrected chi connectivity index (χ2v) is 8.15. The number of nitrogens with zero attached hydrogens (tertiary/aromatic N) is 1. The lowest BCUT2D eigenvalue weighted by Crippen LogP contribution is -2.30. The Hall–Kier alpha value is -2.22. The molecule has 7 heteroatoms. The lowest BCUT2D eigenvalue weighted by Gasteiger charge is -2.18. The predicted octanol–water partition coefficient (Wildman–Crippen LogP) is 2.97. The number of rotatable bonds is 9. The van der Waals surface area contributed by atoms with E-state index in [1.165, 1.54) is 11.2 Å². The summed E-state index contributed by atoms with van der Waals surface area (Å²) in [5.41, 5.74) is 2.89. The van der Waals surface area contributed by atoms with Gasteiger partial charge in [-0.05, 0) is 35.4 Å². The van der Waals surface area contributed by atoms with E-state index < -0.39 is 10.0 Å². The summed E-state index contributed by atoms with van der Waals surface area (Å²) in [7, 11) is -3.41. The fraction of sp³-hybridized carbons (Fsp3) is 0.350. The Morgan fingerprint density at radius 1 is 0.889 bits per heavy atom. The number of carbonyl (C=O) groups is 1. The minimum Gasteiger partial charge on any atom is -0.326 e. The van der Waals surface area contributed by atoms with Crippen LogP contribution in [-0.2, 0) is 27.9 Å². The topological polar surface area (TPSA) is 78.5 Å². The van der Waals surface area contributed by atoms with Gasteiger partial charge < -0.3 is 10.6 Å². The third-order valence-corrected chi connectivity index (χ3v) is 6.26. The number of anilines is 1. The Bertz CT molecular complexity index is 843. The van der Waals surface area contributed by atoms with E-state index in [0.29, 0.717) is 31.1 Å². The van der Waals surface area contributed by atoms with E-state index in [1.54, 1.807) is 12.1 Å². The van der Waals surface area contributed by atoms with Crippen molar-refractivity contribution < 1.29 is 13.2 Å². The fourth-order valence-corrected chi connectivity index (χ4v) is 4.21. The van der Waals surface area contributed by atoms with Gasteiger partial charge in [0.2, 0.25) is 15.9 Å². The van der Waals surface area contributed by atoms with Crippen LogP contribution in [0.3, 0.4) is 0 Å². The second kappa shape index (κ2) is 9.64. The number of amides is 1. The molecule has 0 aromatic heterocycles. The zero-order valence-corrected chi connectivity index (χ0v) is 16.8. The molecule has 0 aliphatic heterocycles. The van der Waals surface area contributed by atoms with Crippen LogP contribution in [0.1, 0.15) is 31.9 Å². The van der Waals surface area contributed by atoms with Crippen molar-refractivity contribution in [1.82, 2.24) is 9.62 Å². The van der Waals surface area contributed by atoms with E-state index >= 15 is 0 Å². The van der Waals surface area contributed by atoms with E-state index in [4.69, 9.17) is 0 Å².